The summed E-state index contributed by atoms with van der Waals surface area (Å²) in [5, 5.41) is 9.86. The van der Waals surface area contributed by atoms with Gasteiger partial charge in [0, 0.05) is 18.6 Å². The van der Waals surface area contributed by atoms with Crippen LogP contribution in [-0.4, -0.2) is 37.1 Å². The summed E-state index contributed by atoms with van der Waals surface area (Å²) in [6, 6.07) is 8.69. The fourth-order valence-electron chi connectivity index (χ4n) is 3.47. The van der Waals surface area contributed by atoms with Crippen LogP contribution in [0.25, 0.3) is 0 Å². The summed E-state index contributed by atoms with van der Waals surface area (Å²) in [5.74, 6) is 2.37. The van der Waals surface area contributed by atoms with Gasteiger partial charge in [-0.3, -0.25) is 4.79 Å². The van der Waals surface area contributed by atoms with E-state index in [4.69, 9.17) is 9.73 Å². The first-order chi connectivity index (χ1) is 13.6. The van der Waals surface area contributed by atoms with Crippen molar-refractivity contribution < 1.29 is 9.53 Å². The number of ether oxygens (including phenoxy) is 1. The highest BCUT2D eigenvalue weighted by atomic mass is 16.5. The third kappa shape index (κ3) is 7.06. The summed E-state index contributed by atoms with van der Waals surface area (Å²) in [6.45, 7) is 5.90. The molecule has 0 heterocycles. The van der Waals surface area contributed by atoms with Gasteiger partial charge < -0.3 is 20.7 Å². The molecule has 0 spiro atoms. The first kappa shape index (κ1) is 20.5. The molecule has 2 fully saturated rings. The maximum atomic E-state index is 11.8. The smallest absolute Gasteiger partial charge is 0.258 e. The van der Waals surface area contributed by atoms with Crippen molar-refractivity contribution in [2.75, 3.05) is 13.2 Å². The molecule has 0 atom stereocenters. The molecular weight excluding hydrogens is 352 g/mol. The largest absolute Gasteiger partial charge is 0.484 e. The molecule has 3 rings (SSSR count). The normalized spacial score (nSPS) is 22.4. The Morgan fingerprint density at radius 3 is 2.54 bits per heavy atom. The molecule has 0 saturated heterocycles. The Morgan fingerprint density at radius 2 is 1.82 bits per heavy atom. The van der Waals surface area contributed by atoms with Crippen LogP contribution in [0.5, 0.6) is 5.75 Å². The zero-order valence-electron chi connectivity index (χ0n) is 17.2. The molecule has 1 aromatic rings. The van der Waals surface area contributed by atoms with Gasteiger partial charge in [0.25, 0.3) is 5.91 Å². The Hall–Kier alpha value is -2.24. The number of carbonyl (C=O) groups excluding carboxylic acids is 1. The molecule has 0 aliphatic heterocycles. The summed E-state index contributed by atoms with van der Waals surface area (Å²) in [4.78, 5) is 16.5. The number of carbonyl (C=O) groups is 1. The molecule has 0 bridgehead atoms. The van der Waals surface area contributed by atoms with Crippen molar-refractivity contribution in [1.29, 1.82) is 0 Å². The van der Waals surface area contributed by atoms with Gasteiger partial charge in [-0.1, -0.05) is 19.1 Å². The average Bonchev–Trinajstić information content (AvgIpc) is 3.51. The number of nitrogens with one attached hydrogen (secondary N) is 3. The molecule has 0 aromatic heterocycles. The minimum Gasteiger partial charge on any atom is -0.484 e. The second kappa shape index (κ2) is 10.3. The minimum atomic E-state index is -0.0497. The fraction of sp³-hybridized carbons (Fsp3) is 0.636. The highest BCUT2D eigenvalue weighted by molar-refractivity contribution is 5.80. The molecule has 1 aromatic carbocycles. The van der Waals surface area contributed by atoms with Crippen molar-refractivity contribution in [3.05, 3.63) is 29.8 Å². The molecule has 2 aliphatic carbocycles. The zero-order valence-corrected chi connectivity index (χ0v) is 17.2. The van der Waals surface area contributed by atoms with E-state index in [0.29, 0.717) is 24.4 Å². The van der Waals surface area contributed by atoms with E-state index in [2.05, 4.69) is 29.8 Å². The number of hydrogen-bond donors (Lipinski definition) is 3. The van der Waals surface area contributed by atoms with Gasteiger partial charge in [0.15, 0.2) is 12.6 Å². The van der Waals surface area contributed by atoms with Gasteiger partial charge >= 0.3 is 0 Å². The number of aliphatic imine (C=N–C) groups is 1. The van der Waals surface area contributed by atoms with Crippen LogP contribution in [0.1, 0.15) is 57.9 Å². The number of amides is 1. The minimum absolute atomic E-state index is 0.0497. The summed E-state index contributed by atoms with van der Waals surface area (Å²) in [6.07, 6.45) is 7.15. The Balaban J connectivity index is 1.50. The van der Waals surface area contributed by atoms with Gasteiger partial charge in [-0.15, -0.1) is 0 Å². The van der Waals surface area contributed by atoms with Gasteiger partial charge in [0.2, 0.25) is 0 Å². The molecule has 2 saturated carbocycles. The number of rotatable bonds is 8. The first-order valence-electron chi connectivity index (χ1n) is 10.7. The van der Waals surface area contributed by atoms with Crippen molar-refractivity contribution in [2.45, 2.75) is 71.0 Å². The van der Waals surface area contributed by atoms with Crippen molar-refractivity contribution in [2.24, 2.45) is 10.9 Å². The topological polar surface area (TPSA) is 74.8 Å². The number of nitrogens with zero attached hydrogens (tertiary/aromatic N) is 1. The van der Waals surface area contributed by atoms with Gasteiger partial charge in [-0.2, -0.15) is 0 Å². The second-order valence-electron chi connectivity index (χ2n) is 8.07. The lowest BCUT2D eigenvalue weighted by atomic mass is 9.87. The maximum absolute atomic E-state index is 11.8. The molecule has 0 unspecified atom stereocenters. The molecule has 2 aliphatic rings. The number of guanidine groups is 1. The van der Waals surface area contributed by atoms with Crippen molar-refractivity contribution in [3.63, 3.8) is 0 Å². The van der Waals surface area contributed by atoms with Crippen LogP contribution in [0.2, 0.25) is 0 Å². The molecular formula is C22H34N4O2. The molecule has 6 nitrogen and oxygen atoms in total. The third-order valence-corrected chi connectivity index (χ3v) is 5.33. The average molecular weight is 387 g/mol. The standard InChI is InChI=1S/C22H34N4O2/c1-3-23-22(26-19-9-7-16(2)8-10-19)24-14-17-5-4-6-20(13-17)28-15-21(27)25-18-11-12-18/h4-6,13,16,18-19H,3,7-12,14-15H2,1-2H3,(H,25,27)(H2,23,24,26). The van der Waals surface area contributed by atoms with Gasteiger partial charge in [-0.05, 0) is 69.1 Å². The van der Waals surface area contributed by atoms with E-state index >= 15 is 0 Å². The molecule has 0 radical (unpaired) electrons. The van der Waals surface area contributed by atoms with E-state index in [-0.39, 0.29) is 12.5 Å². The maximum Gasteiger partial charge on any atom is 0.258 e. The molecule has 3 N–H and O–H groups in total. The Morgan fingerprint density at radius 1 is 1.11 bits per heavy atom. The van der Waals surface area contributed by atoms with Gasteiger partial charge in [0.1, 0.15) is 5.75 Å². The van der Waals surface area contributed by atoms with Gasteiger partial charge in [0.05, 0.1) is 6.54 Å². The molecule has 28 heavy (non-hydrogen) atoms. The van der Waals surface area contributed by atoms with Gasteiger partial charge in [-0.25, -0.2) is 4.99 Å². The van der Waals surface area contributed by atoms with Crippen LogP contribution in [0.3, 0.4) is 0 Å². The Labute approximate surface area is 168 Å². The number of hydrogen-bond acceptors (Lipinski definition) is 3. The van der Waals surface area contributed by atoms with E-state index in [1.54, 1.807) is 0 Å². The number of benzene rings is 1. The quantitative estimate of drug-likeness (QED) is 0.474. The summed E-state index contributed by atoms with van der Waals surface area (Å²) >= 11 is 0. The van der Waals surface area contributed by atoms with Crippen LogP contribution in [-0.2, 0) is 11.3 Å². The van der Waals surface area contributed by atoms with Crippen LogP contribution in [0.15, 0.2) is 29.3 Å². The lowest BCUT2D eigenvalue weighted by Gasteiger charge is -2.28. The third-order valence-electron chi connectivity index (χ3n) is 5.33. The predicted octanol–water partition coefficient (Wildman–Crippen LogP) is 2.98. The fourth-order valence-corrected chi connectivity index (χ4v) is 3.47. The van der Waals surface area contributed by atoms with Crippen molar-refractivity contribution in [3.8, 4) is 5.75 Å². The lowest BCUT2D eigenvalue weighted by Crippen LogP contribution is -2.44. The Kier molecular flexibility index (Phi) is 7.57. The summed E-state index contributed by atoms with van der Waals surface area (Å²) in [5.41, 5.74) is 1.06. The lowest BCUT2D eigenvalue weighted by molar-refractivity contribution is -0.123. The van der Waals surface area contributed by atoms with Crippen LogP contribution >= 0.6 is 0 Å². The van der Waals surface area contributed by atoms with E-state index in [0.717, 1.165) is 36.8 Å². The molecule has 6 heteroatoms. The monoisotopic (exact) mass is 386 g/mol. The highest BCUT2D eigenvalue weighted by Crippen LogP contribution is 2.23. The van der Waals surface area contributed by atoms with E-state index in [1.807, 2.05) is 24.3 Å². The van der Waals surface area contributed by atoms with Crippen LogP contribution in [0.4, 0.5) is 0 Å². The molecule has 1 amide bonds. The zero-order chi connectivity index (χ0) is 19.8. The highest BCUT2D eigenvalue weighted by Gasteiger charge is 2.23. The van der Waals surface area contributed by atoms with Crippen molar-refractivity contribution >= 4 is 11.9 Å². The van der Waals surface area contributed by atoms with E-state index in [9.17, 15) is 4.79 Å². The van der Waals surface area contributed by atoms with Crippen LogP contribution < -0.4 is 20.7 Å². The van der Waals surface area contributed by atoms with Crippen LogP contribution in [0, 0.1) is 5.92 Å². The van der Waals surface area contributed by atoms with E-state index in [1.165, 1.54) is 25.7 Å². The predicted molar refractivity (Wildman–Crippen MR) is 112 cm³/mol. The summed E-state index contributed by atoms with van der Waals surface area (Å²) in [7, 11) is 0. The van der Waals surface area contributed by atoms with E-state index < -0.39 is 0 Å². The molecule has 154 valence electrons. The SMILES string of the molecule is CCNC(=NCc1cccc(OCC(=O)NC2CC2)c1)NC1CCC(C)CC1. The summed E-state index contributed by atoms with van der Waals surface area (Å²) < 4.78 is 5.63. The van der Waals surface area contributed by atoms with Crippen molar-refractivity contribution in [1.82, 2.24) is 16.0 Å². The Bertz CT molecular complexity index is 664. The first-order valence-corrected chi connectivity index (χ1v) is 10.7. The second-order valence-corrected chi connectivity index (χ2v) is 8.07.